The molecular weight excluding hydrogens is 323 g/mol. The van der Waals surface area contributed by atoms with Gasteiger partial charge in [-0.15, -0.1) is 10.2 Å². The summed E-state index contributed by atoms with van der Waals surface area (Å²) in [5.74, 6) is 0.596. The van der Waals surface area contributed by atoms with E-state index in [4.69, 9.17) is 0 Å². The van der Waals surface area contributed by atoms with Gasteiger partial charge in [-0.1, -0.05) is 12.1 Å². The Morgan fingerprint density at radius 2 is 2.05 bits per heavy atom. The molecule has 0 atom stereocenters. The van der Waals surface area contributed by atoms with Gasteiger partial charge in [-0.3, -0.25) is 4.40 Å². The predicted octanol–water partition coefficient (Wildman–Crippen LogP) is 2.92. The summed E-state index contributed by atoms with van der Waals surface area (Å²) in [6.45, 7) is 1.24. The summed E-state index contributed by atoms with van der Waals surface area (Å²) in [6.07, 6.45) is 1.93. The van der Waals surface area contributed by atoms with E-state index in [1.807, 2.05) is 28.8 Å². The Morgan fingerprint density at radius 1 is 1.15 bits per heavy atom. The van der Waals surface area contributed by atoms with Gasteiger partial charge in [-0.25, -0.2) is 4.39 Å². The molecule has 6 heteroatoms. The number of aromatic nitrogens is 3. The van der Waals surface area contributed by atoms with Crippen molar-refractivity contribution in [3.63, 3.8) is 0 Å². The van der Waals surface area contributed by atoms with E-state index in [0.29, 0.717) is 17.6 Å². The lowest BCUT2D eigenvalue weighted by Crippen LogP contribution is -2.15. The first kappa shape index (κ1) is 13.2. The van der Waals surface area contributed by atoms with E-state index < -0.39 is 0 Å². The van der Waals surface area contributed by atoms with Gasteiger partial charge in [0.05, 0.1) is 11.0 Å². The van der Waals surface area contributed by atoms with Crippen LogP contribution in [0, 0.1) is 5.82 Å². The van der Waals surface area contributed by atoms with Crippen molar-refractivity contribution in [2.24, 2.45) is 0 Å². The van der Waals surface area contributed by atoms with Crippen LogP contribution in [0.4, 0.5) is 4.39 Å². The zero-order chi connectivity index (χ0) is 13.9. The summed E-state index contributed by atoms with van der Waals surface area (Å²) in [7, 11) is 0. The Balaban J connectivity index is 1.66. The van der Waals surface area contributed by atoms with Gasteiger partial charge in [0, 0.05) is 12.7 Å². The highest BCUT2D eigenvalue weighted by molar-refractivity contribution is 9.10. The standard InChI is InChI=1S/C14H12BrFN4/c15-11-7-10(4-5-12(11)16)8-17-9-14-19-18-13-3-1-2-6-20(13)14/h1-7,17H,8-9H2. The summed E-state index contributed by atoms with van der Waals surface area (Å²) in [5.41, 5.74) is 1.83. The monoisotopic (exact) mass is 334 g/mol. The van der Waals surface area contributed by atoms with Crippen molar-refractivity contribution in [2.45, 2.75) is 13.1 Å². The number of fused-ring (bicyclic) bond motifs is 1. The third-order valence-corrected chi connectivity index (χ3v) is 3.59. The fraction of sp³-hybridized carbons (Fsp3) is 0.143. The molecule has 3 rings (SSSR count). The molecule has 0 fully saturated rings. The smallest absolute Gasteiger partial charge is 0.160 e. The van der Waals surface area contributed by atoms with Crippen LogP contribution in [-0.2, 0) is 13.1 Å². The van der Waals surface area contributed by atoms with E-state index >= 15 is 0 Å². The lowest BCUT2D eigenvalue weighted by Gasteiger charge is -2.05. The number of rotatable bonds is 4. The van der Waals surface area contributed by atoms with Gasteiger partial charge in [-0.05, 0) is 45.8 Å². The van der Waals surface area contributed by atoms with Crippen molar-refractivity contribution in [1.29, 1.82) is 0 Å². The molecule has 3 aromatic rings. The molecule has 4 nitrogen and oxygen atoms in total. The Morgan fingerprint density at radius 3 is 2.90 bits per heavy atom. The predicted molar refractivity (Wildman–Crippen MR) is 77.6 cm³/mol. The number of nitrogens with one attached hydrogen (secondary N) is 1. The highest BCUT2D eigenvalue weighted by Gasteiger charge is 2.04. The Hall–Kier alpha value is -1.79. The minimum atomic E-state index is -0.253. The average Bonchev–Trinajstić information content (AvgIpc) is 2.86. The second-order valence-corrected chi connectivity index (χ2v) is 5.25. The molecule has 0 aliphatic carbocycles. The molecule has 2 heterocycles. The minimum absolute atomic E-state index is 0.253. The van der Waals surface area contributed by atoms with Gasteiger partial charge in [0.25, 0.3) is 0 Å². The van der Waals surface area contributed by atoms with Crippen LogP contribution in [0.15, 0.2) is 47.1 Å². The maximum atomic E-state index is 13.1. The summed E-state index contributed by atoms with van der Waals surface area (Å²) in [6, 6.07) is 10.8. The lowest BCUT2D eigenvalue weighted by atomic mass is 10.2. The minimum Gasteiger partial charge on any atom is -0.306 e. The van der Waals surface area contributed by atoms with Crippen LogP contribution >= 0.6 is 15.9 Å². The van der Waals surface area contributed by atoms with Crippen LogP contribution in [0.3, 0.4) is 0 Å². The third kappa shape index (κ3) is 2.71. The summed E-state index contributed by atoms with van der Waals surface area (Å²) < 4.78 is 15.5. The van der Waals surface area contributed by atoms with E-state index in [1.165, 1.54) is 6.07 Å². The Bertz CT molecular complexity index is 741. The molecule has 0 amide bonds. The molecule has 20 heavy (non-hydrogen) atoms. The molecular formula is C14H12BrFN4. The summed E-state index contributed by atoms with van der Waals surface area (Å²) in [4.78, 5) is 0. The Labute approximate surface area is 123 Å². The molecule has 0 bridgehead atoms. The molecule has 1 N–H and O–H groups in total. The third-order valence-electron chi connectivity index (χ3n) is 2.98. The molecule has 0 aliphatic rings. The van der Waals surface area contributed by atoms with Crippen molar-refractivity contribution in [1.82, 2.24) is 19.9 Å². The maximum Gasteiger partial charge on any atom is 0.160 e. The number of benzene rings is 1. The lowest BCUT2D eigenvalue weighted by molar-refractivity contribution is 0.616. The van der Waals surface area contributed by atoms with Crippen LogP contribution < -0.4 is 5.32 Å². The van der Waals surface area contributed by atoms with Crippen LogP contribution in [0.1, 0.15) is 11.4 Å². The fourth-order valence-corrected chi connectivity index (χ4v) is 2.41. The molecule has 0 radical (unpaired) electrons. The van der Waals surface area contributed by atoms with Gasteiger partial charge in [0.2, 0.25) is 0 Å². The van der Waals surface area contributed by atoms with Gasteiger partial charge in [0.15, 0.2) is 11.5 Å². The van der Waals surface area contributed by atoms with E-state index in [-0.39, 0.29) is 5.82 Å². The van der Waals surface area contributed by atoms with Crippen molar-refractivity contribution in [3.05, 3.63) is 64.3 Å². The normalized spacial score (nSPS) is 11.1. The van der Waals surface area contributed by atoms with E-state index in [2.05, 4.69) is 31.4 Å². The first-order chi connectivity index (χ1) is 9.74. The topological polar surface area (TPSA) is 42.2 Å². The summed E-state index contributed by atoms with van der Waals surface area (Å²) in [5, 5.41) is 11.5. The molecule has 0 aliphatic heterocycles. The van der Waals surface area contributed by atoms with Crippen LogP contribution in [-0.4, -0.2) is 14.6 Å². The zero-order valence-electron chi connectivity index (χ0n) is 10.6. The molecule has 0 saturated heterocycles. The molecule has 102 valence electrons. The number of hydrogen-bond acceptors (Lipinski definition) is 3. The highest BCUT2D eigenvalue weighted by Crippen LogP contribution is 2.16. The average molecular weight is 335 g/mol. The van der Waals surface area contributed by atoms with Crippen molar-refractivity contribution < 1.29 is 4.39 Å². The van der Waals surface area contributed by atoms with Crippen molar-refractivity contribution >= 4 is 21.6 Å². The van der Waals surface area contributed by atoms with Crippen molar-refractivity contribution in [3.8, 4) is 0 Å². The SMILES string of the molecule is Fc1ccc(CNCc2nnc3ccccn23)cc1Br. The van der Waals surface area contributed by atoms with Crippen LogP contribution in [0.25, 0.3) is 5.65 Å². The van der Waals surface area contributed by atoms with E-state index in [1.54, 1.807) is 12.1 Å². The largest absolute Gasteiger partial charge is 0.306 e. The molecule has 2 aromatic heterocycles. The Kier molecular flexibility index (Phi) is 3.75. The maximum absolute atomic E-state index is 13.1. The van der Waals surface area contributed by atoms with E-state index in [9.17, 15) is 4.39 Å². The van der Waals surface area contributed by atoms with Gasteiger partial charge < -0.3 is 5.32 Å². The first-order valence-corrected chi connectivity index (χ1v) is 6.96. The van der Waals surface area contributed by atoms with E-state index in [0.717, 1.165) is 17.0 Å². The number of nitrogens with zero attached hydrogens (tertiary/aromatic N) is 3. The van der Waals surface area contributed by atoms with Gasteiger partial charge >= 0.3 is 0 Å². The number of hydrogen-bond donors (Lipinski definition) is 1. The molecule has 0 saturated carbocycles. The second kappa shape index (κ2) is 5.68. The molecule has 0 unspecified atom stereocenters. The zero-order valence-corrected chi connectivity index (χ0v) is 12.1. The quantitative estimate of drug-likeness (QED) is 0.797. The number of halogens is 2. The first-order valence-electron chi connectivity index (χ1n) is 6.17. The van der Waals surface area contributed by atoms with Crippen molar-refractivity contribution in [2.75, 3.05) is 0 Å². The summed E-state index contributed by atoms with van der Waals surface area (Å²) >= 11 is 3.18. The van der Waals surface area contributed by atoms with Gasteiger partial charge in [0.1, 0.15) is 5.82 Å². The molecule has 1 aromatic carbocycles. The van der Waals surface area contributed by atoms with Crippen LogP contribution in [0.5, 0.6) is 0 Å². The fourth-order valence-electron chi connectivity index (χ4n) is 1.98. The number of pyridine rings is 1. The highest BCUT2D eigenvalue weighted by atomic mass is 79.9. The molecule has 0 spiro atoms. The van der Waals surface area contributed by atoms with Crippen LogP contribution in [0.2, 0.25) is 0 Å². The van der Waals surface area contributed by atoms with Gasteiger partial charge in [-0.2, -0.15) is 0 Å². The second-order valence-electron chi connectivity index (χ2n) is 4.40.